The molecule has 1 saturated heterocycles. The molecule has 1 aromatic heterocycles. The summed E-state index contributed by atoms with van der Waals surface area (Å²) >= 11 is 0. The number of aryl methyl sites for hydroxylation is 1. The molecule has 3 nitrogen and oxygen atoms in total. The minimum Gasteiger partial charge on any atom is -0.349 e. The largest absolute Gasteiger partial charge is 0.349 e. The van der Waals surface area contributed by atoms with Gasteiger partial charge in [-0.15, -0.1) is 0 Å². The topological polar surface area (TPSA) is 20.2 Å². The van der Waals surface area contributed by atoms with E-state index >= 15 is 0 Å². The minimum absolute atomic E-state index is 0.838. The molecule has 0 saturated carbocycles. The number of hydrogen-bond donors (Lipinski definition) is 1. The molecule has 1 N–H and O–H groups in total. The van der Waals surface area contributed by atoms with Crippen molar-refractivity contribution >= 4 is 0 Å². The maximum absolute atomic E-state index is 3.63. The predicted octanol–water partition coefficient (Wildman–Crippen LogP) is 2.17. The van der Waals surface area contributed by atoms with Crippen molar-refractivity contribution in [2.45, 2.75) is 40.3 Å². The molecule has 0 aromatic carbocycles. The van der Waals surface area contributed by atoms with Crippen molar-refractivity contribution in [1.29, 1.82) is 0 Å². The van der Waals surface area contributed by atoms with Gasteiger partial charge in [0.05, 0.1) is 0 Å². The zero-order valence-electron chi connectivity index (χ0n) is 12.3. The Labute approximate surface area is 111 Å². The van der Waals surface area contributed by atoms with Gasteiger partial charge < -0.3 is 14.8 Å². The van der Waals surface area contributed by atoms with Gasteiger partial charge in [-0.1, -0.05) is 0 Å². The molecule has 0 aliphatic carbocycles. The lowest BCUT2D eigenvalue weighted by molar-refractivity contribution is 0.388. The number of hydrogen-bond acceptors (Lipinski definition) is 2. The van der Waals surface area contributed by atoms with Crippen LogP contribution in [0.1, 0.15) is 30.3 Å². The van der Waals surface area contributed by atoms with Gasteiger partial charge in [-0.25, -0.2) is 0 Å². The molecule has 0 radical (unpaired) electrons. The molecule has 1 aromatic rings. The Balaban J connectivity index is 1.83. The molecule has 1 fully saturated rings. The van der Waals surface area contributed by atoms with E-state index in [1.165, 1.54) is 36.5 Å². The lowest BCUT2D eigenvalue weighted by Gasteiger charge is -2.12. The summed E-state index contributed by atoms with van der Waals surface area (Å²) in [6.07, 6.45) is 1.34. The first-order valence-electron chi connectivity index (χ1n) is 7.16. The van der Waals surface area contributed by atoms with Gasteiger partial charge in [0.1, 0.15) is 0 Å². The summed E-state index contributed by atoms with van der Waals surface area (Å²) in [5.41, 5.74) is 4.26. The molecule has 1 unspecified atom stereocenters. The second-order valence-corrected chi connectivity index (χ2v) is 5.69. The molecular formula is C15H27N3. The zero-order valence-corrected chi connectivity index (χ0v) is 12.3. The van der Waals surface area contributed by atoms with Gasteiger partial charge in [0, 0.05) is 31.0 Å². The van der Waals surface area contributed by atoms with Crippen LogP contribution in [0.3, 0.4) is 0 Å². The molecule has 1 aliphatic heterocycles. The van der Waals surface area contributed by atoms with Crippen LogP contribution in [0, 0.1) is 19.8 Å². The zero-order chi connectivity index (χ0) is 13.1. The maximum Gasteiger partial charge on any atom is 0.0223 e. The average molecular weight is 249 g/mol. The summed E-state index contributed by atoms with van der Waals surface area (Å²) in [5, 5.41) is 3.63. The highest BCUT2D eigenvalue weighted by Gasteiger charge is 2.18. The van der Waals surface area contributed by atoms with Gasteiger partial charge in [0.2, 0.25) is 0 Å². The monoisotopic (exact) mass is 249 g/mol. The Morgan fingerprint density at radius 2 is 2.17 bits per heavy atom. The summed E-state index contributed by atoms with van der Waals surface area (Å²) in [5.74, 6) is 0.838. The SMILES string of the molecule is CCn1c(C)cc(CNCC2CCN(C)C2)c1C. The van der Waals surface area contributed by atoms with E-state index in [0.717, 1.165) is 25.6 Å². The Kier molecular flexibility index (Phi) is 4.46. The van der Waals surface area contributed by atoms with Gasteiger partial charge in [-0.05, 0) is 64.9 Å². The van der Waals surface area contributed by atoms with Crippen molar-refractivity contribution in [2.75, 3.05) is 26.7 Å². The smallest absolute Gasteiger partial charge is 0.0223 e. The van der Waals surface area contributed by atoms with E-state index in [9.17, 15) is 0 Å². The first kappa shape index (κ1) is 13.6. The maximum atomic E-state index is 3.63. The number of nitrogens with one attached hydrogen (secondary N) is 1. The molecule has 3 heteroatoms. The molecule has 0 bridgehead atoms. The molecule has 2 heterocycles. The second kappa shape index (κ2) is 5.89. The van der Waals surface area contributed by atoms with Gasteiger partial charge in [-0.2, -0.15) is 0 Å². The van der Waals surface area contributed by atoms with E-state index in [-0.39, 0.29) is 0 Å². The Morgan fingerprint density at radius 3 is 2.72 bits per heavy atom. The Bertz CT molecular complexity index is 395. The average Bonchev–Trinajstić information content (AvgIpc) is 2.85. The summed E-state index contributed by atoms with van der Waals surface area (Å²) in [4.78, 5) is 2.43. The van der Waals surface area contributed by atoms with Crippen molar-refractivity contribution in [3.8, 4) is 0 Å². The van der Waals surface area contributed by atoms with E-state index in [1.807, 2.05) is 0 Å². The minimum atomic E-state index is 0.838. The molecule has 18 heavy (non-hydrogen) atoms. The summed E-state index contributed by atoms with van der Waals surface area (Å²) in [7, 11) is 2.22. The number of nitrogens with zero attached hydrogens (tertiary/aromatic N) is 2. The second-order valence-electron chi connectivity index (χ2n) is 5.69. The summed E-state index contributed by atoms with van der Waals surface area (Å²) < 4.78 is 2.39. The van der Waals surface area contributed by atoms with Gasteiger partial charge >= 0.3 is 0 Å². The van der Waals surface area contributed by atoms with Gasteiger partial charge in [0.15, 0.2) is 0 Å². The first-order valence-corrected chi connectivity index (χ1v) is 7.16. The van der Waals surface area contributed by atoms with Crippen molar-refractivity contribution in [1.82, 2.24) is 14.8 Å². The third-order valence-corrected chi connectivity index (χ3v) is 4.23. The molecule has 1 atom stereocenters. The number of likely N-dealkylation sites (tertiary alicyclic amines) is 1. The normalized spacial score (nSPS) is 20.8. The van der Waals surface area contributed by atoms with E-state index in [2.05, 4.69) is 48.7 Å². The fraction of sp³-hybridized carbons (Fsp3) is 0.733. The standard InChI is InChI=1S/C15H27N3/c1-5-18-12(2)8-15(13(18)3)10-16-9-14-6-7-17(4)11-14/h8,14,16H,5-7,9-11H2,1-4H3. The van der Waals surface area contributed by atoms with Crippen molar-refractivity contribution in [3.63, 3.8) is 0 Å². The van der Waals surface area contributed by atoms with Crippen LogP contribution in [-0.2, 0) is 13.1 Å². The fourth-order valence-corrected chi connectivity index (χ4v) is 3.14. The Hall–Kier alpha value is -0.800. The summed E-state index contributed by atoms with van der Waals surface area (Å²) in [6.45, 7) is 12.4. The van der Waals surface area contributed by atoms with Crippen molar-refractivity contribution in [3.05, 3.63) is 23.0 Å². The highest BCUT2D eigenvalue weighted by Crippen LogP contribution is 2.16. The number of rotatable bonds is 5. The molecule has 102 valence electrons. The van der Waals surface area contributed by atoms with Gasteiger partial charge in [-0.3, -0.25) is 0 Å². The molecule has 0 amide bonds. The summed E-state index contributed by atoms with van der Waals surface area (Å²) in [6, 6.07) is 2.33. The van der Waals surface area contributed by atoms with E-state index in [0.29, 0.717) is 0 Å². The van der Waals surface area contributed by atoms with Crippen LogP contribution >= 0.6 is 0 Å². The highest BCUT2D eigenvalue weighted by atomic mass is 15.1. The lowest BCUT2D eigenvalue weighted by Crippen LogP contribution is -2.24. The first-order chi connectivity index (χ1) is 8.61. The van der Waals surface area contributed by atoms with Crippen LogP contribution in [-0.4, -0.2) is 36.1 Å². The van der Waals surface area contributed by atoms with Crippen LogP contribution in [0.4, 0.5) is 0 Å². The Morgan fingerprint density at radius 1 is 1.39 bits per heavy atom. The van der Waals surface area contributed by atoms with Crippen LogP contribution < -0.4 is 5.32 Å². The third kappa shape index (κ3) is 2.96. The van der Waals surface area contributed by atoms with E-state index in [1.54, 1.807) is 0 Å². The number of aromatic nitrogens is 1. The van der Waals surface area contributed by atoms with Crippen LogP contribution in [0.15, 0.2) is 6.07 Å². The molecule has 0 spiro atoms. The van der Waals surface area contributed by atoms with Crippen LogP contribution in [0.25, 0.3) is 0 Å². The molecular weight excluding hydrogens is 222 g/mol. The third-order valence-electron chi connectivity index (χ3n) is 4.23. The van der Waals surface area contributed by atoms with Crippen molar-refractivity contribution in [2.24, 2.45) is 5.92 Å². The molecule has 1 aliphatic rings. The van der Waals surface area contributed by atoms with Gasteiger partial charge in [0.25, 0.3) is 0 Å². The fourth-order valence-electron chi connectivity index (χ4n) is 3.14. The van der Waals surface area contributed by atoms with Crippen LogP contribution in [0.2, 0.25) is 0 Å². The predicted molar refractivity (Wildman–Crippen MR) is 76.9 cm³/mol. The molecule has 2 rings (SSSR count). The lowest BCUT2D eigenvalue weighted by atomic mass is 10.1. The van der Waals surface area contributed by atoms with E-state index < -0.39 is 0 Å². The quantitative estimate of drug-likeness (QED) is 0.863. The van der Waals surface area contributed by atoms with E-state index in [4.69, 9.17) is 0 Å². The van der Waals surface area contributed by atoms with Crippen LogP contribution in [0.5, 0.6) is 0 Å². The highest BCUT2D eigenvalue weighted by molar-refractivity contribution is 5.26. The van der Waals surface area contributed by atoms with Crippen molar-refractivity contribution < 1.29 is 0 Å².